The van der Waals surface area contributed by atoms with Crippen molar-refractivity contribution in [2.24, 2.45) is 16.7 Å². The fourth-order valence-corrected chi connectivity index (χ4v) is 6.28. The fraction of sp³-hybridized carbons (Fsp3) is 1.00. The van der Waals surface area contributed by atoms with E-state index in [1.807, 2.05) is 0 Å². The van der Waals surface area contributed by atoms with E-state index in [0.29, 0.717) is 16.4 Å². The van der Waals surface area contributed by atoms with Gasteiger partial charge in [0.1, 0.15) is 0 Å². The molecule has 4 saturated carbocycles. The zero-order valence-corrected chi connectivity index (χ0v) is 13.1. The second-order valence-electron chi connectivity index (χ2n) is 8.45. The summed E-state index contributed by atoms with van der Waals surface area (Å²) in [5.74, 6) is 0.982. The molecule has 0 amide bonds. The van der Waals surface area contributed by atoms with E-state index in [4.69, 9.17) is 4.74 Å². The van der Waals surface area contributed by atoms with Crippen molar-refractivity contribution in [2.45, 2.75) is 71.3 Å². The Morgan fingerprint density at radius 2 is 1.68 bits per heavy atom. The van der Waals surface area contributed by atoms with Crippen molar-refractivity contribution in [3.8, 4) is 0 Å². The molecule has 0 aromatic rings. The summed E-state index contributed by atoms with van der Waals surface area (Å²) < 4.78 is 5.63. The lowest BCUT2D eigenvalue weighted by Gasteiger charge is -2.65. The maximum atomic E-state index is 5.63. The Hall–Kier alpha value is -0.0800. The molecule has 0 aromatic heterocycles. The molecule has 4 bridgehead atoms. The number of nitrogens with one attached hydrogen (secondary N) is 1. The molecule has 0 saturated heterocycles. The van der Waals surface area contributed by atoms with Crippen LogP contribution >= 0.6 is 0 Å². The molecule has 0 aromatic carbocycles. The van der Waals surface area contributed by atoms with Gasteiger partial charge in [-0.15, -0.1) is 0 Å². The van der Waals surface area contributed by atoms with E-state index in [-0.39, 0.29) is 0 Å². The van der Waals surface area contributed by atoms with Crippen molar-refractivity contribution in [1.29, 1.82) is 0 Å². The third kappa shape index (κ3) is 2.71. The normalized spacial score (nSPS) is 47.8. The Labute approximate surface area is 118 Å². The Morgan fingerprint density at radius 3 is 2.26 bits per heavy atom. The van der Waals surface area contributed by atoms with Gasteiger partial charge in [-0.05, 0) is 61.7 Å². The summed E-state index contributed by atoms with van der Waals surface area (Å²) in [6.07, 6.45) is 9.79. The number of ether oxygens (including phenoxy) is 1. The van der Waals surface area contributed by atoms with Crippen LogP contribution in [0.4, 0.5) is 0 Å². The predicted octanol–water partition coefficient (Wildman–Crippen LogP) is 3.75. The lowest BCUT2D eigenvalue weighted by molar-refractivity contribution is -0.118. The summed E-state index contributed by atoms with van der Waals surface area (Å²) in [5.41, 5.74) is 1.68. The van der Waals surface area contributed by atoms with E-state index >= 15 is 0 Å². The van der Waals surface area contributed by atoms with Gasteiger partial charge >= 0.3 is 0 Å². The average Bonchev–Trinajstić information content (AvgIpc) is 2.23. The lowest BCUT2D eigenvalue weighted by atomic mass is 9.43. The van der Waals surface area contributed by atoms with Crippen molar-refractivity contribution in [3.63, 3.8) is 0 Å². The SMILES string of the molecule is CCCOCCNC12CC3CC(C)(CC(C)(C3)C1)C2. The second kappa shape index (κ2) is 4.73. The van der Waals surface area contributed by atoms with Crippen LogP contribution in [0, 0.1) is 16.7 Å². The van der Waals surface area contributed by atoms with Gasteiger partial charge in [0.25, 0.3) is 0 Å². The molecule has 4 aliphatic rings. The smallest absolute Gasteiger partial charge is 0.0591 e. The fourth-order valence-electron chi connectivity index (χ4n) is 6.28. The number of hydrogen-bond acceptors (Lipinski definition) is 2. The monoisotopic (exact) mass is 265 g/mol. The topological polar surface area (TPSA) is 21.3 Å². The first-order valence-electron chi connectivity index (χ1n) is 8.29. The summed E-state index contributed by atoms with van der Waals surface area (Å²) in [4.78, 5) is 0. The van der Waals surface area contributed by atoms with E-state index in [0.717, 1.165) is 32.1 Å². The highest BCUT2D eigenvalue weighted by Gasteiger charge is 2.59. The van der Waals surface area contributed by atoms with Gasteiger partial charge in [0, 0.05) is 18.7 Å². The maximum Gasteiger partial charge on any atom is 0.0591 e. The molecule has 19 heavy (non-hydrogen) atoms. The summed E-state index contributed by atoms with van der Waals surface area (Å²) in [6.45, 7) is 10.1. The van der Waals surface area contributed by atoms with Crippen LogP contribution in [0.5, 0.6) is 0 Å². The van der Waals surface area contributed by atoms with E-state index < -0.39 is 0 Å². The van der Waals surface area contributed by atoms with Crippen LogP contribution in [0.25, 0.3) is 0 Å². The van der Waals surface area contributed by atoms with Crippen molar-refractivity contribution in [3.05, 3.63) is 0 Å². The van der Waals surface area contributed by atoms with Gasteiger partial charge in [-0.1, -0.05) is 20.8 Å². The molecule has 0 spiro atoms. The second-order valence-corrected chi connectivity index (χ2v) is 8.45. The van der Waals surface area contributed by atoms with Crippen LogP contribution < -0.4 is 5.32 Å². The Balaban J connectivity index is 1.61. The van der Waals surface area contributed by atoms with Crippen molar-refractivity contribution in [2.75, 3.05) is 19.8 Å². The van der Waals surface area contributed by atoms with E-state index in [2.05, 4.69) is 26.1 Å². The van der Waals surface area contributed by atoms with E-state index in [9.17, 15) is 0 Å². The van der Waals surface area contributed by atoms with Gasteiger partial charge in [-0.25, -0.2) is 0 Å². The van der Waals surface area contributed by atoms with Gasteiger partial charge < -0.3 is 10.1 Å². The van der Waals surface area contributed by atoms with Crippen LogP contribution in [-0.2, 0) is 4.74 Å². The Bertz CT molecular complexity index is 322. The number of rotatable bonds is 6. The van der Waals surface area contributed by atoms with Gasteiger partial charge in [0.2, 0.25) is 0 Å². The van der Waals surface area contributed by atoms with Gasteiger partial charge in [-0.3, -0.25) is 0 Å². The summed E-state index contributed by atoms with van der Waals surface area (Å²) >= 11 is 0. The molecule has 110 valence electrons. The molecule has 0 heterocycles. The van der Waals surface area contributed by atoms with Crippen LogP contribution in [0.15, 0.2) is 0 Å². The third-order valence-electron chi connectivity index (χ3n) is 5.72. The minimum Gasteiger partial charge on any atom is -0.380 e. The predicted molar refractivity (Wildman–Crippen MR) is 79.2 cm³/mol. The van der Waals surface area contributed by atoms with Crippen LogP contribution in [0.2, 0.25) is 0 Å². The Kier molecular flexibility index (Phi) is 3.46. The molecule has 2 nitrogen and oxygen atoms in total. The lowest BCUT2D eigenvalue weighted by Crippen LogP contribution is -2.64. The maximum absolute atomic E-state index is 5.63. The molecular formula is C17H31NO. The Morgan fingerprint density at radius 1 is 1.00 bits per heavy atom. The van der Waals surface area contributed by atoms with Gasteiger partial charge in [0.15, 0.2) is 0 Å². The quantitative estimate of drug-likeness (QED) is 0.739. The highest BCUT2D eigenvalue weighted by atomic mass is 16.5. The summed E-state index contributed by atoms with van der Waals surface area (Å²) in [6, 6.07) is 0. The molecule has 0 radical (unpaired) electrons. The minimum absolute atomic E-state index is 0.443. The van der Waals surface area contributed by atoms with Gasteiger partial charge in [-0.2, -0.15) is 0 Å². The third-order valence-corrected chi connectivity index (χ3v) is 5.72. The van der Waals surface area contributed by atoms with Crippen molar-refractivity contribution in [1.82, 2.24) is 5.32 Å². The zero-order chi connectivity index (χ0) is 13.6. The first-order valence-corrected chi connectivity index (χ1v) is 8.29. The standard InChI is InChI=1S/C17H31NO/c1-4-6-19-7-5-18-17-10-14-8-15(2,12-17)11-16(3,9-14)13-17/h14,18H,4-13H2,1-3H3. The molecule has 4 rings (SSSR count). The molecule has 2 atom stereocenters. The average molecular weight is 265 g/mol. The summed E-state index contributed by atoms with van der Waals surface area (Å²) in [5, 5.41) is 3.91. The molecular weight excluding hydrogens is 234 g/mol. The zero-order valence-electron chi connectivity index (χ0n) is 13.1. The highest BCUT2D eigenvalue weighted by molar-refractivity contribution is 5.14. The minimum atomic E-state index is 0.443. The summed E-state index contributed by atoms with van der Waals surface area (Å²) in [7, 11) is 0. The van der Waals surface area contributed by atoms with Gasteiger partial charge in [0.05, 0.1) is 6.61 Å². The first-order chi connectivity index (χ1) is 8.97. The molecule has 0 aliphatic heterocycles. The molecule has 2 heteroatoms. The van der Waals surface area contributed by atoms with Crippen molar-refractivity contribution >= 4 is 0 Å². The largest absolute Gasteiger partial charge is 0.380 e. The van der Waals surface area contributed by atoms with Crippen LogP contribution in [0.1, 0.15) is 65.7 Å². The highest BCUT2D eigenvalue weighted by Crippen LogP contribution is 2.66. The van der Waals surface area contributed by atoms with Crippen LogP contribution in [0.3, 0.4) is 0 Å². The van der Waals surface area contributed by atoms with E-state index in [1.165, 1.54) is 38.5 Å². The number of hydrogen-bond donors (Lipinski definition) is 1. The van der Waals surface area contributed by atoms with Crippen molar-refractivity contribution < 1.29 is 4.74 Å². The van der Waals surface area contributed by atoms with E-state index in [1.54, 1.807) is 0 Å². The molecule has 4 aliphatic carbocycles. The van der Waals surface area contributed by atoms with Crippen LogP contribution in [-0.4, -0.2) is 25.3 Å². The molecule has 2 unspecified atom stereocenters. The first kappa shape index (κ1) is 13.9. The molecule has 4 fully saturated rings. The molecule has 1 N–H and O–H groups in total.